The van der Waals surface area contributed by atoms with Crippen molar-refractivity contribution in [2.24, 2.45) is 0 Å². The Morgan fingerprint density at radius 3 is 2.13 bits per heavy atom. The van der Waals surface area contributed by atoms with E-state index < -0.39 is 15.5 Å². The van der Waals surface area contributed by atoms with Crippen molar-refractivity contribution in [1.82, 2.24) is 0 Å². The molecule has 80 valence electrons. The molecule has 1 rings (SSSR count). The number of nitro groups is 2. The molecule has 0 saturated heterocycles. The Labute approximate surface area is 89.8 Å². The molecule has 0 aliphatic rings. The second-order valence-electron chi connectivity index (χ2n) is 3.01. The molecule has 0 fully saturated rings. The van der Waals surface area contributed by atoms with Gasteiger partial charge in [-0.15, -0.1) is 0 Å². The molecule has 0 aromatic heterocycles. The second-order valence-corrected chi connectivity index (χ2v) is 3.39. The van der Waals surface area contributed by atoms with Crippen LogP contribution in [-0.4, -0.2) is 9.85 Å². The van der Waals surface area contributed by atoms with Crippen molar-refractivity contribution in [2.75, 3.05) is 0 Å². The lowest BCUT2D eigenvalue weighted by molar-refractivity contribution is -0.395. The van der Waals surface area contributed by atoms with Gasteiger partial charge in [0.25, 0.3) is 11.4 Å². The van der Waals surface area contributed by atoms with Crippen molar-refractivity contribution in [3.63, 3.8) is 0 Å². The molecule has 0 unspecified atom stereocenters. The van der Waals surface area contributed by atoms with Gasteiger partial charge in [0.2, 0.25) is 0 Å². The SMILES string of the molecule is Cc1cc([N+](=O)[O-])c(C)c([N+](=O)[O-])c1Cl. The first-order valence-electron chi connectivity index (χ1n) is 3.94. The summed E-state index contributed by atoms with van der Waals surface area (Å²) >= 11 is 5.71. The van der Waals surface area contributed by atoms with E-state index in [2.05, 4.69) is 0 Å². The average Bonchev–Trinajstić information content (AvgIpc) is 2.10. The van der Waals surface area contributed by atoms with E-state index in [0.717, 1.165) is 0 Å². The lowest BCUT2D eigenvalue weighted by Crippen LogP contribution is -1.99. The minimum Gasteiger partial charge on any atom is -0.258 e. The fourth-order valence-corrected chi connectivity index (χ4v) is 1.52. The average molecular weight is 231 g/mol. The van der Waals surface area contributed by atoms with Crippen molar-refractivity contribution in [3.8, 4) is 0 Å². The first-order valence-corrected chi connectivity index (χ1v) is 4.32. The van der Waals surface area contributed by atoms with Crippen molar-refractivity contribution in [2.45, 2.75) is 13.8 Å². The Morgan fingerprint density at radius 1 is 1.20 bits per heavy atom. The first kappa shape index (κ1) is 11.4. The molecule has 1 aromatic rings. The van der Waals surface area contributed by atoms with Gasteiger partial charge in [0.15, 0.2) is 0 Å². The van der Waals surface area contributed by atoms with Gasteiger partial charge in [-0.25, -0.2) is 0 Å². The molecule has 0 aliphatic carbocycles. The standard InChI is InChI=1S/C8H7ClN2O4/c1-4-3-6(10(12)13)5(2)8(7(4)9)11(14)15/h3H,1-2H3. The van der Waals surface area contributed by atoms with E-state index in [0.29, 0.717) is 5.56 Å². The van der Waals surface area contributed by atoms with Crippen LogP contribution in [-0.2, 0) is 0 Å². The van der Waals surface area contributed by atoms with Gasteiger partial charge in [0.1, 0.15) is 10.6 Å². The number of hydrogen-bond donors (Lipinski definition) is 0. The molecule has 0 spiro atoms. The zero-order valence-corrected chi connectivity index (χ0v) is 8.74. The van der Waals surface area contributed by atoms with E-state index in [-0.39, 0.29) is 16.3 Å². The van der Waals surface area contributed by atoms with E-state index >= 15 is 0 Å². The molecule has 6 nitrogen and oxygen atoms in total. The van der Waals surface area contributed by atoms with Gasteiger partial charge in [0, 0.05) is 6.07 Å². The number of nitro benzene ring substituents is 2. The van der Waals surface area contributed by atoms with Crippen LogP contribution in [0.25, 0.3) is 0 Å². The highest BCUT2D eigenvalue weighted by atomic mass is 35.5. The Bertz CT molecular complexity index is 458. The second kappa shape index (κ2) is 3.82. The highest BCUT2D eigenvalue weighted by Crippen LogP contribution is 2.36. The summed E-state index contributed by atoms with van der Waals surface area (Å²) in [7, 11) is 0. The minimum atomic E-state index is -0.711. The number of hydrogen-bond acceptors (Lipinski definition) is 4. The number of benzene rings is 1. The molecule has 0 heterocycles. The number of rotatable bonds is 2. The molecule has 0 aliphatic heterocycles. The first-order chi connectivity index (χ1) is 6.86. The molecular weight excluding hydrogens is 224 g/mol. The Hall–Kier alpha value is -1.69. The smallest absolute Gasteiger partial charge is 0.258 e. The van der Waals surface area contributed by atoms with Gasteiger partial charge in [-0.1, -0.05) is 11.6 Å². The highest BCUT2D eigenvalue weighted by molar-refractivity contribution is 6.33. The van der Waals surface area contributed by atoms with Crippen LogP contribution in [0, 0.1) is 34.1 Å². The fourth-order valence-electron chi connectivity index (χ4n) is 1.26. The summed E-state index contributed by atoms with van der Waals surface area (Å²) in [6, 6.07) is 1.23. The Morgan fingerprint density at radius 2 is 1.73 bits per heavy atom. The molecule has 7 heteroatoms. The largest absolute Gasteiger partial charge is 0.297 e. The maximum atomic E-state index is 10.7. The van der Waals surface area contributed by atoms with Crippen LogP contribution in [0.4, 0.5) is 11.4 Å². The number of nitrogens with zero attached hydrogens (tertiary/aromatic N) is 2. The Balaban J connectivity index is 3.63. The molecular formula is C8H7ClN2O4. The van der Waals surface area contributed by atoms with Crippen molar-refractivity contribution in [1.29, 1.82) is 0 Å². The molecule has 15 heavy (non-hydrogen) atoms. The summed E-state index contributed by atoms with van der Waals surface area (Å²) in [6.07, 6.45) is 0. The van der Waals surface area contributed by atoms with Crippen LogP contribution in [0.2, 0.25) is 5.02 Å². The lowest BCUT2D eigenvalue weighted by Gasteiger charge is -2.03. The van der Waals surface area contributed by atoms with Crippen molar-refractivity contribution in [3.05, 3.63) is 42.4 Å². The molecule has 1 aromatic carbocycles. The normalized spacial score (nSPS) is 10.1. The predicted molar refractivity (Wildman–Crippen MR) is 54.2 cm³/mol. The van der Waals surface area contributed by atoms with Gasteiger partial charge < -0.3 is 0 Å². The maximum Gasteiger partial charge on any atom is 0.297 e. The summed E-state index contributed by atoms with van der Waals surface area (Å²) in [6.45, 7) is 2.80. The van der Waals surface area contributed by atoms with Gasteiger partial charge in [-0.05, 0) is 19.4 Å². The van der Waals surface area contributed by atoms with Crippen LogP contribution in [0.5, 0.6) is 0 Å². The topological polar surface area (TPSA) is 86.3 Å². The van der Waals surface area contributed by atoms with Gasteiger partial charge >= 0.3 is 0 Å². The predicted octanol–water partition coefficient (Wildman–Crippen LogP) is 2.77. The lowest BCUT2D eigenvalue weighted by atomic mass is 10.1. The summed E-state index contributed by atoms with van der Waals surface area (Å²) in [4.78, 5) is 19.9. The molecule has 0 amide bonds. The monoisotopic (exact) mass is 230 g/mol. The molecule has 0 radical (unpaired) electrons. The van der Waals surface area contributed by atoms with E-state index in [1.165, 1.54) is 19.9 Å². The molecule has 0 N–H and O–H groups in total. The van der Waals surface area contributed by atoms with E-state index in [1.54, 1.807) is 0 Å². The van der Waals surface area contributed by atoms with Gasteiger partial charge in [0.05, 0.1) is 9.85 Å². The fraction of sp³-hybridized carbons (Fsp3) is 0.250. The third-order valence-electron chi connectivity index (χ3n) is 2.03. The summed E-state index contributed by atoms with van der Waals surface area (Å²) in [5.41, 5.74) is -0.395. The highest BCUT2D eigenvalue weighted by Gasteiger charge is 2.26. The Kier molecular flexibility index (Phi) is 2.90. The van der Waals surface area contributed by atoms with Gasteiger partial charge in [-0.2, -0.15) is 0 Å². The number of aryl methyl sites for hydroxylation is 1. The van der Waals surface area contributed by atoms with E-state index in [1.807, 2.05) is 0 Å². The van der Waals surface area contributed by atoms with Crippen LogP contribution in [0.1, 0.15) is 11.1 Å². The maximum absolute atomic E-state index is 10.7. The summed E-state index contributed by atoms with van der Waals surface area (Å²) in [5.74, 6) is 0. The molecule has 0 atom stereocenters. The number of halogens is 1. The zero-order chi connectivity index (χ0) is 11.7. The summed E-state index contributed by atoms with van der Waals surface area (Å²) in [5, 5.41) is 21.2. The summed E-state index contributed by atoms with van der Waals surface area (Å²) < 4.78 is 0. The van der Waals surface area contributed by atoms with Crippen LogP contribution < -0.4 is 0 Å². The zero-order valence-electron chi connectivity index (χ0n) is 7.98. The van der Waals surface area contributed by atoms with E-state index in [9.17, 15) is 20.2 Å². The van der Waals surface area contributed by atoms with E-state index in [4.69, 9.17) is 11.6 Å². The van der Waals surface area contributed by atoms with Crippen LogP contribution in [0.3, 0.4) is 0 Å². The third-order valence-corrected chi connectivity index (χ3v) is 2.50. The molecule has 0 bridgehead atoms. The van der Waals surface area contributed by atoms with Crippen LogP contribution >= 0.6 is 11.6 Å². The molecule has 0 saturated carbocycles. The van der Waals surface area contributed by atoms with Crippen molar-refractivity contribution >= 4 is 23.0 Å². The van der Waals surface area contributed by atoms with Crippen molar-refractivity contribution < 1.29 is 9.85 Å². The van der Waals surface area contributed by atoms with Gasteiger partial charge in [-0.3, -0.25) is 20.2 Å². The third kappa shape index (κ3) is 1.89. The quantitative estimate of drug-likeness (QED) is 0.577. The van der Waals surface area contributed by atoms with Crippen LogP contribution in [0.15, 0.2) is 6.07 Å². The minimum absolute atomic E-state index is 0.0272.